The molecule has 0 saturated heterocycles. The number of aromatic nitrogens is 1. The summed E-state index contributed by atoms with van der Waals surface area (Å²) in [5, 5.41) is 5.42. The minimum atomic E-state index is -3.44. The molecule has 1 heterocycles. The lowest BCUT2D eigenvalue weighted by atomic mass is 10.2. The van der Waals surface area contributed by atoms with Crippen LogP contribution in [0.4, 0.5) is 4.79 Å². The average molecular weight is 347 g/mol. The van der Waals surface area contributed by atoms with Gasteiger partial charge in [-0.1, -0.05) is 31.2 Å². The van der Waals surface area contributed by atoms with Crippen molar-refractivity contribution in [1.82, 2.24) is 15.6 Å². The maximum atomic E-state index is 12.4. The zero-order valence-electron chi connectivity index (χ0n) is 13.5. The molecule has 0 bridgehead atoms. The fourth-order valence-corrected chi connectivity index (χ4v) is 3.78. The molecular formula is C17H21N3O3S. The zero-order chi connectivity index (χ0) is 17.4. The molecule has 0 aliphatic heterocycles. The number of hydrogen-bond acceptors (Lipinski definition) is 4. The first kappa shape index (κ1) is 17.9. The molecule has 1 unspecified atom stereocenters. The summed E-state index contributed by atoms with van der Waals surface area (Å²) in [4.78, 5) is 16.2. The Balaban J connectivity index is 1.90. The quantitative estimate of drug-likeness (QED) is 0.803. The lowest BCUT2D eigenvalue weighted by Gasteiger charge is -2.17. The minimum Gasteiger partial charge on any atom is -0.334 e. The van der Waals surface area contributed by atoms with Gasteiger partial charge in [-0.2, -0.15) is 0 Å². The van der Waals surface area contributed by atoms with Gasteiger partial charge in [0, 0.05) is 25.0 Å². The molecule has 128 valence electrons. The summed E-state index contributed by atoms with van der Waals surface area (Å²) in [7, 11) is -3.44. The van der Waals surface area contributed by atoms with Crippen molar-refractivity contribution in [3.05, 3.63) is 60.4 Å². The Kier molecular flexibility index (Phi) is 6.31. The normalized spacial score (nSPS) is 12.4. The molecule has 1 atom stereocenters. The molecule has 24 heavy (non-hydrogen) atoms. The highest BCUT2D eigenvalue weighted by molar-refractivity contribution is 7.91. The van der Waals surface area contributed by atoms with E-state index in [1.165, 1.54) is 0 Å². The zero-order valence-corrected chi connectivity index (χ0v) is 14.3. The van der Waals surface area contributed by atoms with E-state index >= 15 is 0 Å². The molecule has 2 aromatic rings. The van der Waals surface area contributed by atoms with Gasteiger partial charge in [0.15, 0.2) is 9.84 Å². The minimum absolute atomic E-state index is 0.131. The summed E-state index contributed by atoms with van der Waals surface area (Å²) in [5.74, 6) is -0.131. The van der Waals surface area contributed by atoms with Crippen LogP contribution in [0.2, 0.25) is 0 Å². The highest BCUT2D eigenvalue weighted by Gasteiger charge is 2.21. The predicted molar refractivity (Wildman–Crippen MR) is 92.2 cm³/mol. The number of nitrogens with zero attached hydrogens (tertiary/aromatic N) is 1. The number of benzene rings is 1. The van der Waals surface area contributed by atoms with E-state index in [4.69, 9.17) is 0 Å². The first-order valence-corrected chi connectivity index (χ1v) is 9.37. The van der Waals surface area contributed by atoms with Crippen LogP contribution < -0.4 is 10.6 Å². The molecule has 2 N–H and O–H groups in total. The van der Waals surface area contributed by atoms with Crippen molar-refractivity contribution in [2.75, 3.05) is 5.75 Å². The molecule has 2 rings (SSSR count). The molecule has 0 fully saturated rings. The van der Waals surface area contributed by atoms with Crippen LogP contribution in [0.3, 0.4) is 0 Å². The number of amides is 2. The van der Waals surface area contributed by atoms with Crippen LogP contribution >= 0.6 is 0 Å². The number of carbonyl (C=O) groups excluding carboxylic acids is 1. The standard InChI is InChI=1S/C17H21N3O3S/c1-2-15(13-24(22,23)16-8-4-3-5-9-16)20-17(21)19-12-14-7-6-10-18-11-14/h3-11,15H,2,12-13H2,1H3,(H2,19,20,21). The number of hydrogen-bond donors (Lipinski definition) is 2. The van der Waals surface area contributed by atoms with Crippen LogP contribution in [0.15, 0.2) is 59.8 Å². The van der Waals surface area contributed by atoms with Crippen LogP contribution in [0.1, 0.15) is 18.9 Å². The highest BCUT2D eigenvalue weighted by Crippen LogP contribution is 2.12. The van der Waals surface area contributed by atoms with Crippen molar-refractivity contribution in [1.29, 1.82) is 0 Å². The van der Waals surface area contributed by atoms with Crippen LogP contribution in [0.25, 0.3) is 0 Å². The first-order chi connectivity index (χ1) is 11.5. The number of nitrogens with one attached hydrogen (secondary N) is 2. The van der Waals surface area contributed by atoms with Crippen LogP contribution in [0.5, 0.6) is 0 Å². The van der Waals surface area contributed by atoms with Gasteiger partial charge in [-0.3, -0.25) is 4.98 Å². The predicted octanol–water partition coefficient (Wildman–Crippen LogP) is 2.13. The SMILES string of the molecule is CCC(CS(=O)(=O)c1ccccc1)NC(=O)NCc1cccnc1. The van der Waals surface area contributed by atoms with Gasteiger partial charge in [-0.05, 0) is 30.2 Å². The summed E-state index contributed by atoms with van der Waals surface area (Å²) in [6.45, 7) is 2.17. The van der Waals surface area contributed by atoms with E-state index in [2.05, 4.69) is 15.6 Å². The lowest BCUT2D eigenvalue weighted by molar-refractivity contribution is 0.237. The maximum absolute atomic E-state index is 12.4. The van der Waals surface area contributed by atoms with E-state index in [9.17, 15) is 13.2 Å². The monoisotopic (exact) mass is 347 g/mol. The van der Waals surface area contributed by atoms with Gasteiger partial charge in [-0.25, -0.2) is 13.2 Å². The molecule has 1 aromatic carbocycles. The number of urea groups is 1. The summed E-state index contributed by atoms with van der Waals surface area (Å²) in [5.41, 5.74) is 0.873. The number of rotatable bonds is 7. The molecular weight excluding hydrogens is 326 g/mol. The van der Waals surface area contributed by atoms with Gasteiger partial charge in [0.05, 0.1) is 10.6 Å². The molecule has 0 radical (unpaired) electrons. The second kappa shape index (κ2) is 8.44. The lowest BCUT2D eigenvalue weighted by Crippen LogP contribution is -2.44. The third-order valence-electron chi connectivity index (χ3n) is 3.53. The van der Waals surface area contributed by atoms with E-state index in [1.54, 1.807) is 48.8 Å². The van der Waals surface area contributed by atoms with Crippen molar-refractivity contribution in [3.63, 3.8) is 0 Å². The van der Waals surface area contributed by atoms with Crippen LogP contribution in [-0.4, -0.2) is 31.2 Å². The summed E-state index contributed by atoms with van der Waals surface area (Å²) in [6, 6.07) is 11.0. The Hall–Kier alpha value is -2.41. The third-order valence-corrected chi connectivity index (χ3v) is 5.36. The molecule has 0 spiro atoms. The second-order valence-corrected chi connectivity index (χ2v) is 7.42. The molecule has 2 amide bonds. The topological polar surface area (TPSA) is 88.2 Å². The van der Waals surface area contributed by atoms with Crippen molar-refractivity contribution < 1.29 is 13.2 Å². The molecule has 0 aliphatic rings. The maximum Gasteiger partial charge on any atom is 0.315 e. The van der Waals surface area contributed by atoms with E-state index < -0.39 is 21.9 Å². The summed E-state index contributed by atoms with van der Waals surface area (Å²) in [6.07, 6.45) is 3.84. The van der Waals surface area contributed by atoms with Crippen LogP contribution in [-0.2, 0) is 16.4 Å². The Labute approximate surface area is 142 Å². The van der Waals surface area contributed by atoms with Gasteiger partial charge in [0.25, 0.3) is 0 Å². The fourth-order valence-electron chi connectivity index (χ4n) is 2.17. The second-order valence-electron chi connectivity index (χ2n) is 5.39. The average Bonchev–Trinajstić information content (AvgIpc) is 2.61. The molecule has 0 aliphatic carbocycles. The van der Waals surface area contributed by atoms with Gasteiger partial charge in [0.1, 0.15) is 0 Å². The van der Waals surface area contributed by atoms with Gasteiger partial charge >= 0.3 is 6.03 Å². The highest BCUT2D eigenvalue weighted by atomic mass is 32.2. The number of carbonyl (C=O) groups is 1. The van der Waals surface area contributed by atoms with E-state index in [0.29, 0.717) is 13.0 Å². The Bertz CT molecular complexity index is 749. The van der Waals surface area contributed by atoms with E-state index in [1.807, 2.05) is 13.0 Å². The molecule has 7 heteroatoms. The Morgan fingerprint density at radius 2 is 1.92 bits per heavy atom. The summed E-state index contributed by atoms with van der Waals surface area (Å²) >= 11 is 0. The van der Waals surface area contributed by atoms with Crippen molar-refractivity contribution in [3.8, 4) is 0 Å². The number of sulfone groups is 1. The van der Waals surface area contributed by atoms with Crippen molar-refractivity contribution in [2.24, 2.45) is 0 Å². The largest absolute Gasteiger partial charge is 0.334 e. The van der Waals surface area contributed by atoms with Crippen molar-refractivity contribution in [2.45, 2.75) is 30.8 Å². The first-order valence-electron chi connectivity index (χ1n) is 7.72. The third kappa shape index (κ3) is 5.34. The smallest absolute Gasteiger partial charge is 0.315 e. The molecule has 6 nitrogen and oxygen atoms in total. The van der Waals surface area contributed by atoms with Gasteiger partial charge < -0.3 is 10.6 Å². The number of pyridine rings is 1. The molecule has 1 aromatic heterocycles. The Morgan fingerprint density at radius 1 is 1.17 bits per heavy atom. The van der Waals surface area contributed by atoms with E-state index in [0.717, 1.165) is 5.56 Å². The van der Waals surface area contributed by atoms with Gasteiger partial charge in [-0.15, -0.1) is 0 Å². The van der Waals surface area contributed by atoms with Gasteiger partial charge in [0.2, 0.25) is 0 Å². The summed E-state index contributed by atoms with van der Waals surface area (Å²) < 4.78 is 24.8. The fraction of sp³-hybridized carbons (Fsp3) is 0.294. The van der Waals surface area contributed by atoms with Crippen LogP contribution in [0, 0.1) is 0 Å². The van der Waals surface area contributed by atoms with E-state index in [-0.39, 0.29) is 10.6 Å². The Morgan fingerprint density at radius 3 is 2.54 bits per heavy atom. The van der Waals surface area contributed by atoms with Crippen molar-refractivity contribution >= 4 is 15.9 Å². The molecule has 0 saturated carbocycles.